The lowest BCUT2D eigenvalue weighted by Crippen LogP contribution is -2.03. The van der Waals surface area contributed by atoms with Crippen LogP contribution in [0, 0.1) is 21.4 Å². The smallest absolute Gasteiger partial charge is 0.315 e. The normalized spacial score (nSPS) is 11.2. The summed E-state index contributed by atoms with van der Waals surface area (Å²) in [4.78, 5) is 16.7. The number of ether oxygens (including phenoxy) is 2. The minimum atomic E-state index is -0.508. The summed E-state index contributed by atoms with van der Waals surface area (Å²) in [6.45, 7) is 2.37. The van der Waals surface area contributed by atoms with Crippen molar-refractivity contribution in [2.75, 3.05) is 13.7 Å². The van der Waals surface area contributed by atoms with Crippen molar-refractivity contribution in [2.24, 2.45) is 0 Å². The van der Waals surface area contributed by atoms with Crippen molar-refractivity contribution in [3.63, 3.8) is 0 Å². The molecule has 154 valence electrons. The van der Waals surface area contributed by atoms with E-state index in [0.717, 1.165) is 23.4 Å². The van der Waals surface area contributed by atoms with E-state index < -0.39 is 4.92 Å². The number of nitrogens with zero attached hydrogens (tertiary/aromatic N) is 3. The van der Waals surface area contributed by atoms with E-state index in [1.807, 2.05) is 29.8 Å². The number of rotatable bonds is 9. The van der Waals surface area contributed by atoms with Crippen molar-refractivity contribution in [1.29, 1.82) is 5.26 Å². The first-order chi connectivity index (χ1) is 14.6. The van der Waals surface area contributed by atoms with Crippen LogP contribution in [0.3, 0.4) is 0 Å². The first-order valence-corrected chi connectivity index (χ1v) is 10.9. The number of nitro benzene ring substituents is 1. The van der Waals surface area contributed by atoms with Gasteiger partial charge in [-0.2, -0.15) is 5.26 Å². The Balaban J connectivity index is 1.99. The van der Waals surface area contributed by atoms with Crippen LogP contribution in [0.25, 0.3) is 22.2 Å². The van der Waals surface area contributed by atoms with Gasteiger partial charge in [-0.1, -0.05) is 19.4 Å². The number of hydrogen-bond donors (Lipinski definition) is 0. The molecular formula is C21H19N3O4S2. The second-order valence-electron chi connectivity index (χ2n) is 6.22. The summed E-state index contributed by atoms with van der Waals surface area (Å²) in [7, 11) is 1.43. The molecule has 0 aliphatic carbocycles. The highest BCUT2D eigenvalue weighted by Crippen LogP contribution is 2.39. The average molecular weight is 442 g/mol. The first kappa shape index (κ1) is 21.5. The van der Waals surface area contributed by atoms with Crippen LogP contribution in [-0.4, -0.2) is 23.6 Å². The molecule has 0 unspecified atom stereocenters. The Kier molecular flexibility index (Phi) is 7.17. The Morgan fingerprint density at radius 2 is 2.23 bits per heavy atom. The van der Waals surface area contributed by atoms with Gasteiger partial charge in [-0.05, 0) is 35.6 Å². The number of thiophene rings is 1. The van der Waals surface area contributed by atoms with Crippen LogP contribution < -0.4 is 9.47 Å². The number of benzene rings is 1. The molecule has 2 heterocycles. The molecule has 0 aliphatic heterocycles. The highest BCUT2D eigenvalue weighted by molar-refractivity contribution is 7.14. The lowest BCUT2D eigenvalue weighted by molar-refractivity contribution is -0.386. The van der Waals surface area contributed by atoms with Crippen molar-refractivity contribution < 1.29 is 14.4 Å². The maximum absolute atomic E-state index is 11.6. The zero-order valence-corrected chi connectivity index (χ0v) is 18.1. The molecular weight excluding hydrogens is 422 g/mol. The highest BCUT2D eigenvalue weighted by Gasteiger charge is 2.22. The number of thiazole rings is 1. The van der Waals surface area contributed by atoms with Crippen LogP contribution in [0.1, 0.15) is 30.3 Å². The third-order valence-electron chi connectivity index (χ3n) is 4.16. The van der Waals surface area contributed by atoms with Crippen LogP contribution in [-0.2, 0) is 0 Å². The average Bonchev–Trinajstić information content (AvgIpc) is 3.44. The summed E-state index contributed by atoms with van der Waals surface area (Å²) in [6.07, 6.45) is 3.25. The number of unbranched alkanes of at least 4 members (excludes halogenated alkanes) is 1. The Bertz CT molecular complexity index is 1100. The van der Waals surface area contributed by atoms with E-state index in [1.165, 1.54) is 24.5 Å². The van der Waals surface area contributed by atoms with E-state index in [1.54, 1.807) is 23.5 Å². The van der Waals surface area contributed by atoms with Crippen LogP contribution in [0.2, 0.25) is 0 Å². The molecule has 0 fully saturated rings. The molecule has 0 N–H and O–H groups in total. The highest BCUT2D eigenvalue weighted by atomic mass is 32.1. The van der Waals surface area contributed by atoms with Gasteiger partial charge >= 0.3 is 5.69 Å². The Labute approximate surface area is 182 Å². The number of methoxy groups -OCH3 is 1. The van der Waals surface area contributed by atoms with E-state index in [0.29, 0.717) is 22.8 Å². The molecule has 0 radical (unpaired) electrons. The van der Waals surface area contributed by atoms with Gasteiger partial charge in [-0.3, -0.25) is 10.1 Å². The van der Waals surface area contributed by atoms with Gasteiger partial charge in [0.15, 0.2) is 5.75 Å². The van der Waals surface area contributed by atoms with E-state index in [2.05, 4.69) is 11.1 Å². The predicted molar refractivity (Wildman–Crippen MR) is 119 cm³/mol. The summed E-state index contributed by atoms with van der Waals surface area (Å²) in [5.74, 6) is 0.350. The van der Waals surface area contributed by atoms with Crippen molar-refractivity contribution in [3.8, 4) is 28.1 Å². The molecule has 3 aromatic rings. The molecule has 30 heavy (non-hydrogen) atoms. The number of hydrogen-bond acceptors (Lipinski definition) is 8. The third-order valence-corrected chi connectivity index (χ3v) is 5.93. The van der Waals surface area contributed by atoms with Gasteiger partial charge in [-0.25, -0.2) is 4.98 Å². The summed E-state index contributed by atoms with van der Waals surface area (Å²) in [6, 6.07) is 9.05. The summed E-state index contributed by atoms with van der Waals surface area (Å²) in [5, 5.41) is 25.7. The van der Waals surface area contributed by atoms with Crippen molar-refractivity contribution in [3.05, 3.63) is 55.7 Å². The van der Waals surface area contributed by atoms with Crippen LogP contribution in [0.15, 0.2) is 35.0 Å². The number of aromatic nitrogens is 1. The standard InChI is InChI=1S/C21H19N3O4S2/c1-3-4-7-28-20-17(24(25)26)10-14(11-18(20)27-2)9-15(12-22)21-23-16(13-30-21)19-6-5-8-29-19/h5-6,8-11,13H,3-4,7H2,1-2H3/b15-9-. The Morgan fingerprint density at radius 1 is 1.40 bits per heavy atom. The molecule has 9 heteroatoms. The second-order valence-corrected chi connectivity index (χ2v) is 8.02. The minimum Gasteiger partial charge on any atom is -0.493 e. The van der Waals surface area contributed by atoms with Crippen molar-refractivity contribution in [2.45, 2.75) is 19.8 Å². The maximum Gasteiger partial charge on any atom is 0.315 e. The fraction of sp³-hybridized carbons (Fsp3) is 0.238. The summed E-state index contributed by atoms with van der Waals surface area (Å²) in [5.41, 5.74) is 1.38. The van der Waals surface area contributed by atoms with Crippen LogP contribution in [0.5, 0.6) is 11.5 Å². The molecule has 1 aromatic carbocycles. The second kappa shape index (κ2) is 10.0. The summed E-state index contributed by atoms with van der Waals surface area (Å²) < 4.78 is 10.9. The van der Waals surface area contributed by atoms with Gasteiger partial charge in [0.1, 0.15) is 11.1 Å². The van der Waals surface area contributed by atoms with Gasteiger partial charge in [-0.15, -0.1) is 22.7 Å². The van der Waals surface area contributed by atoms with Crippen LogP contribution in [0.4, 0.5) is 5.69 Å². The zero-order valence-electron chi connectivity index (χ0n) is 16.5. The molecule has 7 nitrogen and oxygen atoms in total. The van der Waals surface area contributed by atoms with Gasteiger partial charge in [0.2, 0.25) is 5.75 Å². The van der Waals surface area contributed by atoms with Gasteiger partial charge in [0.25, 0.3) is 0 Å². The Hall–Kier alpha value is -3.22. The zero-order chi connectivity index (χ0) is 21.5. The predicted octanol–water partition coefficient (Wildman–Crippen LogP) is 6.03. The number of nitriles is 1. The fourth-order valence-electron chi connectivity index (χ4n) is 2.69. The molecule has 0 atom stereocenters. The van der Waals surface area contributed by atoms with Crippen molar-refractivity contribution in [1.82, 2.24) is 4.98 Å². The largest absolute Gasteiger partial charge is 0.493 e. The number of allylic oxidation sites excluding steroid dienone is 1. The molecule has 3 rings (SSSR count). The van der Waals surface area contributed by atoms with Crippen LogP contribution >= 0.6 is 22.7 Å². The number of nitro groups is 1. The molecule has 0 saturated heterocycles. The minimum absolute atomic E-state index is 0.0980. The SMILES string of the molecule is CCCCOc1c(OC)cc(/C=C(/C#N)c2nc(-c3cccs3)cs2)cc1[N+](=O)[O-]. The van der Waals surface area contributed by atoms with Gasteiger partial charge < -0.3 is 9.47 Å². The molecule has 2 aromatic heterocycles. The molecule has 0 amide bonds. The first-order valence-electron chi connectivity index (χ1n) is 9.18. The fourth-order valence-corrected chi connectivity index (χ4v) is 4.23. The topological polar surface area (TPSA) is 98.3 Å². The van der Waals surface area contributed by atoms with E-state index in [-0.39, 0.29) is 17.2 Å². The van der Waals surface area contributed by atoms with E-state index in [4.69, 9.17) is 9.47 Å². The Morgan fingerprint density at radius 3 is 2.87 bits per heavy atom. The molecule has 0 spiro atoms. The third kappa shape index (κ3) is 4.84. The van der Waals surface area contributed by atoms with E-state index >= 15 is 0 Å². The molecule has 0 saturated carbocycles. The summed E-state index contributed by atoms with van der Waals surface area (Å²) >= 11 is 2.92. The van der Waals surface area contributed by atoms with E-state index in [9.17, 15) is 15.4 Å². The molecule has 0 aliphatic rings. The van der Waals surface area contributed by atoms with Gasteiger partial charge in [0, 0.05) is 11.4 Å². The van der Waals surface area contributed by atoms with Gasteiger partial charge in [0.05, 0.1) is 34.8 Å². The lowest BCUT2D eigenvalue weighted by atomic mass is 10.1. The molecule has 0 bridgehead atoms. The van der Waals surface area contributed by atoms with Crippen molar-refractivity contribution >= 4 is 40.0 Å². The maximum atomic E-state index is 11.6. The monoisotopic (exact) mass is 441 g/mol. The lowest BCUT2D eigenvalue weighted by Gasteiger charge is -2.11. The quantitative estimate of drug-likeness (QED) is 0.174.